The highest BCUT2D eigenvalue weighted by atomic mass is 32.1. The van der Waals surface area contributed by atoms with Gasteiger partial charge in [0.15, 0.2) is 28.1 Å². The predicted molar refractivity (Wildman–Crippen MR) is 212 cm³/mol. The van der Waals surface area contributed by atoms with Gasteiger partial charge < -0.3 is 28.4 Å². The zero-order valence-electron chi connectivity index (χ0n) is 30.5. The highest BCUT2D eigenvalue weighted by molar-refractivity contribution is 7.22. The number of nitrogens with one attached hydrogen (secondary N) is 2. The fraction of sp³-hybridized carbons (Fsp3) is 0.0714. The van der Waals surface area contributed by atoms with E-state index in [1.165, 1.54) is 47.7 Å². The number of carbonyl (C=O) groups is 6. The van der Waals surface area contributed by atoms with Crippen molar-refractivity contribution in [3.05, 3.63) is 152 Å². The molecule has 0 saturated carbocycles. The van der Waals surface area contributed by atoms with E-state index in [1.807, 2.05) is 24.3 Å². The third-order valence-corrected chi connectivity index (χ3v) is 8.54. The van der Waals surface area contributed by atoms with Gasteiger partial charge in [0, 0.05) is 42.8 Å². The van der Waals surface area contributed by atoms with E-state index in [9.17, 15) is 28.8 Å². The lowest BCUT2D eigenvalue weighted by atomic mass is 10.1. The minimum atomic E-state index is -0.861. The van der Waals surface area contributed by atoms with Crippen molar-refractivity contribution in [3.8, 4) is 28.7 Å². The number of benzene rings is 4. The van der Waals surface area contributed by atoms with Crippen LogP contribution < -0.4 is 34.5 Å². The largest absolute Gasteiger partial charge is 0.462 e. The molecule has 1 heterocycles. The van der Waals surface area contributed by atoms with Gasteiger partial charge in [-0.05, 0) is 60.2 Å². The van der Waals surface area contributed by atoms with Gasteiger partial charge in [0.2, 0.25) is 0 Å². The van der Waals surface area contributed by atoms with Crippen molar-refractivity contribution < 1.29 is 57.2 Å². The van der Waals surface area contributed by atoms with Gasteiger partial charge in [-0.25, -0.2) is 39.2 Å². The van der Waals surface area contributed by atoms with Gasteiger partial charge in [-0.3, -0.25) is 5.43 Å². The molecule has 0 saturated heterocycles. The van der Waals surface area contributed by atoms with Crippen LogP contribution in [0.3, 0.4) is 0 Å². The molecule has 16 heteroatoms. The van der Waals surface area contributed by atoms with E-state index in [0.29, 0.717) is 16.3 Å². The topological polar surface area (TPSA) is 195 Å². The van der Waals surface area contributed by atoms with Crippen LogP contribution >= 0.6 is 11.3 Å². The number of fused-ring (bicyclic) bond motifs is 1. The van der Waals surface area contributed by atoms with Crippen LogP contribution in [0.15, 0.2) is 129 Å². The fourth-order valence-electron chi connectivity index (χ4n) is 4.87. The second kappa shape index (κ2) is 19.8. The first kappa shape index (κ1) is 41.5. The first-order valence-electron chi connectivity index (χ1n) is 17.0. The van der Waals surface area contributed by atoms with E-state index in [2.05, 4.69) is 42.2 Å². The molecular formula is C42H33N3O12S. The molecule has 58 heavy (non-hydrogen) atoms. The van der Waals surface area contributed by atoms with E-state index in [-0.39, 0.29) is 59.4 Å². The predicted octanol–water partition coefficient (Wildman–Crippen LogP) is 6.40. The molecule has 294 valence electrons. The molecular weight excluding hydrogens is 771 g/mol. The molecule has 4 aromatic carbocycles. The van der Waals surface area contributed by atoms with E-state index < -0.39 is 35.8 Å². The lowest BCUT2D eigenvalue weighted by Gasteiger charge is -2.15. The number of thiazole rings is 1. The van der Waals surface area contributed by atoms with Gasteiger partial charge in [-0.2, -0.15) is 0 Å². The maximum absolute atomic E-state index is 13.4. The highest BCUT2D eigenvalue weighted by Crippen LogP contribution is 2.32. The number of anilines is 1. The maximum atomic E-state index is 13.4. The maximum Gasteiger partial charge on any atom is 0.343 e. The molecule has 0 spiro atoms. The number of ether oxygens (including phenoxy) is 6. The Hall–Kier alpha value is -7.69. The minimum absolute atomic E-state index is 0.00708. The van der Waals surface area contributed by atoms with Crippen LogP contribution in [0.1, 0.15) is 31.8 Å². The Kier molecular flexibility index (Phi) is 14.1. The molecule has 15 nitrogen and oxygen atoms in total. The summed E-state index contributed by atoms with van der Waals surface area (Å²) >= 11 is 1.43. The molecule has 0 aliphatic rings. The van der Waals surface area contributed by atoms with Crippen LogP contribution in [0.5, 0.6) is 28.7 Å². The number of aromatic nitrogens is 1. The molecule has 0 aliphatic carbocycles. The Morgan fingerprint density at radius 1 is 0.603 bits per heavy atom. The molecule has 5 rings (SSSR count). The monoisotopic (exact) mass is 803 g/mol. The molecule has 0 fully saturated rings. The van der Waals surface area contributed by atoms with Gasteiger partial charge in [-0.1, -0.05) is 61.9 Å². The van der Waals surface area contributed by atoms with Gasteiger partial charge in [0.25, 0.3) is 0 Å². The van der Waals surface area contributed by atoms with Crippen molar-refractivity contribution in [3.63, 3.8) is 0 Å². The van der Waals surface area contributed by atoms with E-state index in [4.69, 9.17) is 28.4 Å². The van der Waals surface area contributed by atoms with Crippen LogP contribution in [-0.2, 0) is 36.9 Å². The quantitative estimate of drug-likeness (QED) is 0.0427. The lowest BCUT2D eigenvalue weighted by Crippen LogP contribution is -2.22. The number of rotatable bonds is 18. The third kappa shape index (κ3) is 11.2. The Labute approximate surface area is 334 Å². The smallest absolute Gasteiger partial charge is 0.343 e. The van der Waals surface area contributed by atoms with Crippen LogP contribution in [0, 0.1) is 0 Å². The Bertz CT molecular complexity index is 2420. The average molecular weight is 804 g/mol. The zero-order chi connectivity index (χ0) is 41.6. The van der Waals surface area contributed by atoms with Crippen LogP contribution in [-0.4, -0.2) is 47.4 Å². The minimum Gasteiger partial charge on any atom is -0.462 e. The molecule has 5 aromatic rings. The Morgan fingerprint density at radius 2 is 1.14 bits per heavy atom. The average Bonchev–Trinajstić information content (AvgIpc) is 3.65. The second-order valence-electron chi connectivity index (χ2n) is 11.5. The Balaban J connectivity index is 1.33. The van der Waals surface area contributed by atoms with Crippen molar-refractivity contribution in [1.29, 1.82) is 0 Å². The van der Waals surface area contributed by atoms with Gasteiger partial charge in [0.1, 0.15) is 5.75 Å². The lowest BCUT2D eigenvalue weighted by molar-refractivity contribution is -0.131. The van der Waals surface area contributed by atoms with Gasteiger partial charge in [0.05, 0.1) is 28.0 Å². The molecule has 0 radical (unpaired) electrons. The summed E-state index contributed by atoms with van der Waals surface area (Å²) in [6.07, 6.45) is 3.87. The molecule has 1 aromatic heterocycles. The second-order valence-corrected chi connectivity index (χ2v) is 12.5. The molecule has 0 atom stereocenters. The number of esters is 6. The molecule has 0 aliphatic heterocycles. The summed E-state index contributed by atoms with van der Waals surface area (Å²) < 4.78 is 32.8. The standard InChI is InChI=1S/C42H33N3O12S/c1-5-36(46)53-31-17-14-26(22-33(31)55-38(48)7-3)40(50)52-20-19-25-13-16-30(28(21-25)24-43-45-42-44-29-11-9-10-12-35(29)58-42)57-41(51)27-15-18-32(54-37(47)6-2)34(23-27)56-39(49)8-4/h5-18,21-23,43H,1-4,19-20,24H2,(H,44,45). The van der Waals surface area contributed by atoms with Crippen molar-refractivity contribution in [2.45, 2.75) is 13.0 Å². The van der Waals surface area contributed by atoms with Crippen molar-refractivity contribution in [2.24, 2.45) is 0 Å². The highest BCUT2D eigenvalue weighted by Gasteiger charge is 2.20. The summed E-state index contributed by atoms with van der Waals surface area (Å²) in [6.45, 7) is 13.4. The zero-order valence-corrected chi connectivity index (χ0v) is 31.3. The van der Waals surface area contributed by atoms with E-state index in [1.54, 1.807) is 18.2 Å². The number of nitrogens with zero attached hydrogens (tertiary/aromatic N) is 1. The summed E-state index contributed by atoms with van der Waals surface area (Å²) in [6, 6.07) is 20.2. The van der Waals surface area contributed by atoms with E-state index in [0.717, 1.165) is 34.5 Å². The van der Waals surface area contributed by atoms with Crippen molar-refractivity contribution in [2.75, 3.05) is 12.0 Å². The van der Waals surface area contributed by atoms with Gasteiger partial charge >= 0.3 is 35.8 Å². The first-order chi connectivity index (χ1) is 28.0. The molecule has 2 N–H and O–H groups in total. The SMILES string of the molecule is C=CC(=O)Oc1ccc(C(=O)OCCc2ccc(OC(=O)c3ccc(OC(=O)C=C)c(OC(=O)C=C)c3)c(CNNc3nc4ccccc4s3)c2)cc1OC(=O)C=C. The number of carbonyl (C=O) groups excluding carboxylic acids is 6. The summed E-state index contributed by atoms with van der Waals surface area (Å²) in [5.41, 5.74) is 8.14. The first-order valence-corrected chi connectivity index (χ1v) is 17.8. The van der Waals surface area contributed by atoms with E-state index >= 15 is 0 Å². The van der Waals surface area contributed by atoms with Crippen LogP contribution in [0.2, 0.25) is 0 Å². The fourth-order valence-corrected chi connectivity index (χ4v) is 5.71. The number of hydrazine groups is 1. The van der Waals surface area contributed by atoms with Gasteiger partial charge in [-0.15, -0.1) is 0 Å². The number of hydrogen-bond donors (Lipinski definition) is 2. The Morgan fingerprint density at radius 3 is 1.71 bits per heavy atom. The summed E-state index contributed by atoms with van der Waals surface area (Å²) in [7, 11) is 0. The molecule has 0 amide bonds. The summed E-state index contributed by atoms with van der Waals surface area (Å²) in [5, 5.41) is 0.593. The third-order valence-electron chi connectivity index (χ3n) is 7.59. The number of hydrogen-bond acceptors (Lipinski definition) is 16. The van der Waals surface area contributed by atoms with Crippen molar-refractivity contribution in [1.82, 2.24) is 10.4 Å². The molecule has 0 unspecified atom stereocenters. The van der Waals surface area contributed by atoms with Crippen molar-refractivity contribution >= 4 is 62.5 Å². The normalized spacial score (nSPS) is 10.3. The van der Waals surface area contributed by atoms with Crippen LogP contribution in [0.25, 0.3) is 10.2 Å². The van der Waals surface area contributed by atoms with Crippen LogP contribution in [0.4, 0.5) is 5.13 Å². The summed E-state index contributed by atoms with van der Waals surface area (Å²) in [4.78, 5) is 78.4. The number of para-hydroxylation sites is 1. The molecule has 0 bridgehead atoms. The summed E-state index contributed by atoms with van der Waals surface area (Å²) in [5.74, 6) is -5.47.